The Morgan fingerprint density at radius 2 is 1.79 bits per heavy atom. The second-order valence-corrected chi connectivity index (χ2v) is 4.05. The molecule has 0 spiro atoms. The van der Waals surface area contributed by atoms with Crippen LogP contribution in [0.25, 0.3) is 0 Å². The van der Waals surface area contributed by atoms with E-state index in [4.69, 9.17) is 4.74 Å². The number of ketones is 1. The maximum Gasteiger partial charge on any atom is 0.223 e. The lowest BCUT2D eigenvalue weighted by atomic mass is 10.1. The zero-order chi connectivity index (χ0) is 10.9. The molecule has 0 radical (unpaired) electrons. The second kappa shape index (κ2) is 4.09. The van der Waals surface area contributed by atoms with E-state index in [9.17, 15) is 9.59 Å². The summed E-state index contributed by atoms with van der Waals surface area (Å²) >= 11 is 0. The molecule has 1 saturated heterocycles. The van der Waals surface area contributed by atoms with Gasteiger partial charge in [0.1, 0.15) is 6.10 Å². The molecule has 1 heterocycles. The van der Waals surface area contributed by atoms with Gasteiger partial charge in [-0.15, -0.1) is 0 Å². The van der Waals surface area contributed by atoms with Crippen molar-refractivity contribution in [3.05, 3.63) is 0 Å². The smallest absolute Gasteiger partial charge is 0.223 e. The Labute approximate surface area is 84.0 Å². The average Bonchev–Trinajstić information content (AvgIpc) is 2.80. The van der Waals surface area contributed by atoms with Gasteiger partial charge in [-0.3, -0.25) is 9.59 Å². The molecule has 0 bridgehead atoms. The fourth-order valence-electron chi connectivity index (χ4n) is 1.18. The predicted octanol–water partition coefficient (Wildman–Crippen LogP) is 0.503. The number of ether oxygens (including phenoxy) is 1. The van der Waals surface area contributed by atoms with E-state index in [1.165, 1.54) is 0 Å². The lowest BCUT2D eigenvalue weighted by Gasteiger charge is -2.13. The van der Waals surface area contributed by atoms with E-state index in [1.54, 1.807) is 20.8 Å². The summed E-state index contributed by atoms with van der Waals surface area (Å²) in [6.45, 7) is 7.13. The third-order valence-corrected chi connectivity index (χ3v) is 2.30. The van der Waals surface area contributed by atoms with Crippen LogP contribution in [-0.2, 0) is 14.3 Å². The molecule has 1 aliphatic heterocycles. The average molecular weight is 199 g/mol. The van der Waals surface area contributed by atoms with Gasteiger partial charge in [-0.1, -0.05) is 13.8 Å². The van der Waals surface area contributed by atoms with Crippen LogP contribution >= 0.6 is 0 Å². The number of amides is 1. The van der Waals surface area contributed by atoms with E-state index >= 15 is 0 Å². The quantitative estimate of drug-likeness (QED) is 0.671. The van der Waals surface area contributed by atoms with Gasteiger partial charge in [-0.25, -0.2) is 0 Å². The molecule has 3 atom stereocenters. The number of Topliss-reactive ketones (excluding diaryl/α,β-unsaturated/α-hetero) is 1. The first-order valence-electron chi connectivity index (χ1n) is 4.93. The van der Waals surface area contributed by atoms with Crippen LogP contribution in [-0.4, -0.2) is 29.9 Å². The van der Waals surface area contributed by atoms with Crippen molar-refractivity contribution in [1.29, 1.82) is 0 Å². The molecule has 0 aromatic rings. The molecule has 80 valence electrons. The lowest BCUT2D eigenvalue weighted by Crippen LogP contribution is -2.42. The molecule has 1 amide bonds. The molecule has 4 heteroatoms. The highest BCUT2D eigenvalue weighted by molar-refractivity contribution is 5.93. The van der Waals surface area contributed by atoms with Gasteiger partial charge >= 0.3 is 0 Å². The molecule has 1 aliphatic rings. The molecule has 1 rings (SSSR count). The summed E-state index contributed by atoms with van der Waals surface area (Å²) in [7, 11) is 0. The van der Waals surface area contributed by atoms with Gasteiger partial charge in [0.05, 0.1) is 12.1 Å². The van der Waals surface area contributed by atoms with E-state index in [-0.39, 0.29) is 29.8 Å². The maximum absolute atomic E-state index is 11.5. The summed E-state index contributed by atoms with van der Waals surface area (Å²) in [5.41, 5.74) is 0. The first-order valence-corrected chi connectivity index (χ1v) is 4.93. The van der Waals surface area contributed by atoms with Crippen LogP contribution in [0.4, 0.5) is 0 Å². The molecule has 0 saturated carbocycles. The monoisotopic (exact) mass is 199 g/mol. The van der Waals surface area contributed by atoms with Crippen molar-refractivity contribution in [3.8, 4) is 0 Å². The minimum atomic E-state index is -0.445. The minimum absolute atomic E-state index is 0.0147. The van der Waals surface area contributed by atoms with Gasteiger partial charge in [0.25, 0.3) is 0 Å². The molecular weight excluding hydrogens is 182 g/mol. The van der Waals surface area contributed by atoms with Crippen molar-refractivity contribution in [1.82, 2.24) is 5.32 Å². The molecule has 14 heavy (non-hydrogen) atoms. The third-order valence-electron chi connectivity index (χ3n) is 2.30. The summed E-state index contributed by atoms with van der Waals surface area (Å²) in [5, 5.41) is 2.65. The van der Waals surface area contributed by atoms with Crippen molar-refractivity contribution in [2.24, 2.45) is 5.92 Å². The summed E-state index contributed by atoms with van der Waals surface area (Å²) in [5.74, 6) is -0.228. The van der Waals surface area contributed by atoms with Gasteiger partial charge < -0.3 is 10.1 Å². The number of nitrogens with one attached hydrogen (secondary N) is 1. The molecule has 1 N–H and O–H groups in total. The Kier molecular flexibility index (Phi) is 3.26. The summed E-state index contributed by atoms with van der Waals surface area (Å²) in [6, 6.07) is -0.445. The van der Waals surface area contributed by atoms with Crippen molar-refractivity contribution in [2.75, 3.05) is 0 Å². The van der Waals surface area contributed by atoms with Crippen LogP contribution in [0.2, 0.25) is 0 Å². The minimum Gasteiger partial charge on any atom is -0.361 e. The fraction of sp³-hybridized carbons (Fsp3) is 0.800. The topological polar surface area (TPSA) is 58.7 Å². The predicted molar refractivity (Wildman–Crippen MR) is 51.8 cm³/mol. The second-order valence-electron chi connectivity index (χ2n) is 4.05. The lowest BCUT2D eigenvalue weighted by molar-refractivity contribution is -0.129. The van der Waals surface area contributed by atoms with Crippen molar-refractivity contribution < 1.29 is 14.3 Å². The van der Waals surface area contributed by atoms with E-state index in [0.717, 1.165) is 0 Å². The maximum atomic E-state index is 11.5. The molecule has 1 fully saturated rings. The van der Waals surface area contributed by atoms with E-state index < -0.39 is 6.04 Å². The largest absolute Gasteiger partial charge is 0.361 e. The number of rotatable bonds is 4. The first kappa shape index (κ1) is 11.2. The summed E-state index contributed by atoms with van der Waals surface area (Å²) in [4.78, 5) is 22.8. The fourth-order valence-corrected chi connectivity index (χ4v) is 1.18. The van der Waals surface area contributed by atoms with Crippen molar-refractivity contribution in [3.63, 3.8) is 0 Å². The normalized spacial score (nSPS) is 27.2. The zero-order valence-electron chi connectivity index (χ0n) is 9.03. The van der Waals surface area contributed by atoms with E-state index in [2.05, 4.69) is 5.32 Å². The SMILES string of the molecule is CC(C)C(=O)N[C@@H](C)C(=O)C1OC1C. The molecular formula is C10H17NO3. The molecule has 2 unspecified atom stereocenters. The number of hydrogen-bond donors (Lipinski definition) is 1. The third kappa shape index (κ3) is 2.54. The van der Waals surface area contributed by atoms with Crippen LogP contribution in [0.1, 0.15) is 27.7 Å². The van der Waals surface area contributed by atoms with Crippen LogP contribution in [0.15, 0.2) is 0 Å². The molecule has 0 aromatic carbocycles. The van der Waals surface area contributed by atoms with Gasteiger partial charge in [0, 0.05) is 5.92 Å². The van der Waals surface area contributed by atoms with Gasteiger partial charge in [0.15, 0.2) is 5.78 Å². The van der Waals surface area contributed by atoms with E-state index in [1.807, 2.05) is 6.92 Å². The number of carbonyl (C=O) groups is 2. The Morgan fingerprint density at radius 3 is 2.14 bits per heavy atom. The Balaban J connectivity index is 2.38. The van der Waals surface area contributed by atoms with E-state index in [0.29, 0.717) is 0 Å². The number of hydrogen-bond acceptors (Lipinski definition) is 3. The Morgan fingerprint density at radius 1 is 1.29 bits per heavy atom. The molecule has 4 nitrogen and oxygen atoms in total. The van der Waals surface area contributed by atoms with Crippen LogP contribution < -0.4 is 5.32 Å². The van der Waals surface area contributed by atoms with Gasteiger partial charge in [-0.05, 0) is 13.8 Å². The van der Waals surface area contributed by atoms with Crippen molar-refractivity contribution >= 4 is 11.7 Å². The van der Waals surface area contributed by atoms with Crippen LogP contribution in [0.5, 0.6) is 0 Å². The summed E-state index contributed by atoms with van der Waals surface area (Å²) < 4.78 is 5.04. The van der Waals surface area contributed by atoms with Crippen molar-refractivity contribution in [2.45, 2.75) is 45.9 Å². The molecule has 0 aliphatic carbocycles. The number of carbonyl (C=O) groups excluding carboxylic acids is 2. The van der Waals surface area contributed by atoms with Crippen LogP contribution in [0.3, 0.4) is 0 Å². The zero-order valence-corrected chi connectivity index (χ0v) is 9.03. The Hall–Kier alpha value is -0.900. The first-order chi connectivity index (χ1) is 6.43. The van der Waals surface area contributed by atoms with Gasteiger partial charge in [-0.2, -0.15) is 0 Å². The summed E-state index contributed by atoms with van der Waals surface area (Å²) in [6.07, 6.45) is -0.293. The number of epoxide rings is 1. The molecule has 0 aromatic heterocycles. The highest BCUT2D eigenvalue weighted by atomic mass is 16.6. The highest BCUT2D eigenvalue weighted by Crippen LogP contribution is 2.22. The highest BCUT2D eigenvalue weighted by Gasteiger charge is 2.43. The van der Waals surface area contributed by atoms with Gasteiger partial charge in [0.2, 0.25) is 5.91 Å². The Bertz CT molecular complexity index is 250. The van der Waals surface area contributed by atoms with Crippen LogP contribution in [0, 0.1) is 5.92 Å². The standard InChI is InChI=1S/C10H17NO3/c1-5(2)10(13)11-6(3)8(12)9-7(4)14-9/h5-7,9H,1-4H3,(H,11,13)/t6-,7?,9?/m0/s1.